The lowest BCUT2D eigenvalue weighted by Gasteiger charge is -2.39. The van der Waals surface area contributed by atoms with E-state index in [1.807, 2.05) is 17.0 Å². The van der Waals surface area contributed by atoms with Crippen LogP contribution in [0.15, 0.2) is 42.6 Å². The normalized spacial score (nSPS) is 15.1. The van der Waals surface area contributed by atoms with Crippen molar-refractivity contribution in [1.29, 1.82) is 0 Å². The molecule has 0 unspecified atom stereocenters. The lowest BCUT2D eigenvalue weighted by molar-refractivity contribution is -0.124. The summed E-state index contributed by atoms with van der Waals surface area (Å²) in [6.07, 6.45) is 4.06. The molecule has 8 heteroatoms. The number of amides is 2. The van der Waals surface area contributed by atoms with Gasteiger partial charge in [0.05, 0.1) is 23.8 Å². The topological polar surface area (TPSA) is 71.8 Å². The highest BCUT2D eigenvalue weighted by atomic mass is 19.1. The molecular weight excluding hydrogens is 461 g/mol. The van der Waals surface area contributed by atoms with Crippen LogP contribution in [0.2, 0.25) is 0 Å². The molecule has 4 rings (SSSR count). The van der Waals surface area contributed by atoms with Gasteiger partial charge in [-0.3, -0.25) is 14.4 Å². The third kappa shape index (κ3) is 4.85. The van der Waals surface area contributed by atoms with Crippen LogP contribution in [-0.4, -0.2) is 66.3 Å². The molecule has 1 aromatic heterocycles. The molecule has 190 valence electrons. The standard InChI is InChI=1S/C28H32FN3O4/c1-28(16-18-6-8-19(29)9-7-18)10-12-32(13-11-28)26(34)21-14-20-22(25(33)27(35)30(2)3)17-31(4)23(20)15-24(21)36-5/h6-9,14-15,17H,10-13,16H2,1-5H3. The van der Waals surface area contributed by atoms with Gasteiger partial charge in [0.1, 0.15) is 11.6 Å². The highest BCUT2D eigenvalue weighted by Crippen LogP contribution is 2.36. The smallest absolute Gasteiger partial charge is 0.294 e. The Morgan fingerprint density at radius 3 is 2.28 bits per heavy atom. The Bertz CT molecular complexity index is 1320. The number of carbonyl (C=O) groups is 3. The number of hydrogen-bond acceptors (Lipinski definition) is 4. The molecule has 36 heavy (non-hydrogen) atoms. The summed E-state index contributed by atoms with van der Waals surface area (Å²) in [6, 6.07) is 10.00. The van der Waals surface area contributed by atoms with Crippen LogP contribution < -0.4 is 4.74 Å². The molecule has 0 atom stereocenters. The molecule has 3 aromatic rings. The van der Waals surface area contributed by atoms with Gasteiger partial charge in [0.2, 0.25) is 0 Å². The molecule has 2 aromatic carbocycles. The number of hydrogen-bond donors (Lipinski definition) is 0. The fourth-order valence-electron chi connectivity index (χ4n) is 4.94. The van der Waals surface area contributed by atoms with Crippen molar-refractivity contribution in [3.63, 3.8) is 0 Å². The maximum Gasteiger partial charge on any atom is 0.294 e. The Balaban J connectivity index is 1.59. The number of aromatic nitrogens is 1. The van der Waals surface area contributed by atoms with Gasteiger partial charge in [-0.1, -0.05) is 19.1 Å². The number of benzene rings is 2. The maximum atomic E-state index is 13.6. The van der Waals surface area contributed by atoms with Crippen LogP contribution in [0.4, 0.5) is 4.39 Å². The Hall–Kier alpha value is -3.68. The summed E-state index contributed by atoms with van der Waals surface area (Å²) in [5.74, 6) is -1.24. The van der Waals surface area contributed by atoms with E-state index in [0.29, 0.717) is 35.3 Å². The van der Waals surface area contributed by atoms with E-state index in [-0.39, 0.29) is 22.7 Å². The second-order valence-corrected chi connectivity index (χ2v) is 10.2. The number of aryl methyl sites for hydroxylation is 1. The monoisotopic (exact) mass is 493 g/mol. The quantitative estimate of drug-likeness (QED) is 0.383. The first-order valence-corrected chi connectivity index (χ1v) is 12.0. The number of halogens is 1. The van der Waals surface area contributed by atoms with E-state index in [0.717, 1.165) is 24.8 Å². The lowest BCUT2D eigenvalue weighted by atomic mass is 9.75. The van der Waals surface area contributed by atoms with Gasteiger partial charge in [-0.25, -0.2) is 4.39 Å². The summed E-state index contributed by atoms with van der Waals surface area (Å²) in [4.78, 5) is 41.8. The van der Waals surface area contributed by atoms with Crippen molar-refractivity contribution in [3.8, 4) is 5.75 Å². The lowest BCUT2D eigenvalue weighted by Crippen LogP contribution is -2.43. The SMILES string of the molecule is COc1cc2c(cc1C(=O)N1CCC(C)(Cc3ccc(F)cc3)CC1)c(C(=O)C(=O)N(C)C)cn2C. The number of likely N-dealkylation sites (N-methyl/N-ethyl adjacent to an activating group) is 1. The predicted octanol–water partition coefficient (Wildman–Crippen LogP) is 4.08. The van der Waals surface area contributed by atoms with Crippen molar-refractivity contribution in [2.24, 2.45) is 12.5 Å². The molecule has 0 aliphatic carbocycles. The van der Waals surface area contributed by atoms with Crippen molar-refractivity contribution in [1.82, 2.24) is 14.4 Å². The summed E-state index contributed by atoms with van der Waals surface area (Å²) in [7, 11) is 6.36. The molecule has 0 saturated carbocycles. The maximum absolute atomic E-state index is 13.6. The van der Waals surface area contributed by atoms with E-state index >= 15 is 0 Å². The Labute approximate surface area is 210 Å². The van der Waals surface area contributed by atoms with Gasteiger partial charge in [-0.15, -0.1) is 0 Å². The molecule has 1 saturated heterocycles. The highest BCUT2D eigenvalue weighted by Gasteiger charge is 2.34. The van der Waals surface area contributed by atoms with Crippen molar-refractivity contribution in [3.05, 3.63) is 65.1 Å². The van der Waals surface area contributed by atoms with Gasteiger partial charge in [0, 0.05) is 51.9 Å². The average molecular weight is 494 g/mol. The Morgan fingerprint density at radius 2 is 1.69 bits per heavy atom. The number of rotatable bonds is 6. The van der Waals surface area contributed by atoms with Gasteiger partial charge < -0.3 is 19.1 Å². The zero-order chi connectivity index (χ0) is 26.2. The summed E-state index contributed by atoms with van der Waals surface area (Å²) in [5, 5.41) is 0.542. The summed E-state index contributed by atoms with van der Waals surface area (Å²) in [5.41, 5.74) is 2.41. The van der Waals surface area contributed by atoms with Gasteiger partial charge in [-0.05, 0) is 48.4 Å². The number of Topliss-reactive ketones (excluding diaryl/α,β-unsaturated/α-hetero) is 1. The fraction of sp³-hybridized carbons (Fsp3) is 0.393. The number of fused-ring (bicyclic) bond motifs is 1. The van der Waals surface area contributed by atoms with E-state index in [4.69, 9.17) is 4.74 Å². The number of piperidine rings is 1. The van der Waals surface area contributed by atoms with Crippen LogP contribution in [0.5, 0.6) is 5.75 Å². The highest BCUT2D eigenvalue weighted by molar-refractivity contribution is 6.44. The third-order valence-electron chi connectivity index (χ3n) is 7.19. The van der Waals surface area contributed by atoms with Crippen LogP contribution in [0.3, 0.4) is 0 Å². The number of methoxy groups -OCH3 is 1. The molecule has 1 aliphatic heterocycles. The van der Waals surface area contributed by atoms with Crippen molar-refractivity contribution >= 4 is 28.5 Å². The van der Waals surface area contributed by atoms with E-state index in [1.165, 1.54) is 38.2 Å². The van der Waals surface area contributed by atoms with E-state index in [9.17, 15) is 18.8 Å². The van der Waals surface area contributed by atoms with Crippen LogP contribution in [-0.2, 0) is 18.3 Å². The Morgan fingerprint density at radius 1 is 1.06 bits per heavy atom. The second kappa shape index (κ2) is 9.76. The largest absolute Gasteiger partial charge is 0.496 e. The molecule has 0 bridgehead atoms. The predicted molar refractivity (Wildman–Crippen MR) is 136 cm³/mol. The van der Waals surface area contributed by atoms with Crippen molar-refractivity contribution < 1.29 is 23.5 Å². The minimum absolute atomic E-state index is 0.00814. The molecule has 0 spiro atoms. The first-order valence-electron chi connectivity index (χ1n) is 12.0. The molecule has 1 fully saturated rings. The van der Waals surface area contributed by atoms with Crippen LogP contribution >= 0.6 is 0 Å². The summed E-state index contributed by atoms with van der Waals surface area (Å²) < 4.78 is 20.6. The molecule has 2 amide bonds. The second-order valence-electron chi connectivity index (χ2n) is 10.2. The van der Waals surface area contributed by atoms with Gasteiger partial charge in [-0.2, -0.15) is 0 Å². The minimum Gasteiger partial charge on any atom is -0.496 e. The third-order valence-corrected chi connectivity index (χ3v) is 7.19. The zero-order valence-corrected chi connectivity index (χ0v) is 21.4. The molecule has 2 heterocycles. The molecule has 0 radical (unpaired) electrons. The Kier molecular flexibility index (Phi) is 6.89. The number of ether oxygens (including phenoxy) is 1. The van der Waals surface area contributed by atoms with Crippen molar-refractivity contribution in [2.45, 2.75) is 26.2 Å². The van der Waals surface area contributed by atoms with Crippen molar-refractivity contribution in [2.75, 3.05) is 34.3 Å². The molecule has 7 nitrogen and oxygen atoms in total. The summed E-state index contributed by atoms with van der Waals surface area (Å²) in [6.45, 7) is 3.36. The number of carbonyl (C=O) groups excluding carboxylic acids is 3. The number of likely N-dealkylation sites (tertiary alicyclic amines) is 1. The van der Waals surface area contributed by atoms with Gasteiger partial charge in [0.25, 0.3) is 17.6 Å². The van der Waals surface area contributed by atoms with E-state index in [2.05, 4.69) is 6.92 Å². The van der Waals surface area contributed by atoms with Crippen LogP contribution in [0.25, 0.3) is 10.9 Å². The number of nitrogens with zero attached hydrogens (tertiary/aromatic N) is 3. The minimum atomic E-state index is -0.623. The molecule has 1 aliphatic rings. The van der Waals surface area contributed by atoms with Crippen LogP contribution in [0.1, 0.15) is 46.0 Å². The van der Waals surface area contributed by atoms with E-state index in [1.54, 1.807) is 29.9 Å². The fourth-order valence-corrected chi connectivity index (χ4v) is 4.94. The zero-order valence-electron chi connectivity index (χ0n) is 21.4. The number of ketones is 1. The first kappa shape index (κ1) is 25.4. The molecular formula is C28H32FN3O4. The van der Waals surface area contributed by atoms with Gasteiger partial charge in [0.15, 0.2) is 0 Å². The van der Waals surface area contributed by atoms with Gasteiger partial charge >= 0.3 is 0 Å². The van der Waals surface area contributed by atoms with E-state index < -0.39 is 11.7 Å². The average Bonchev–Trinajstić information content (AvgIpc) is 3.18. The van der Waals surface area contributed by atoms with Crippen LogP contribution in [0, 0.1) is 11.2 Å². The molecule has 0 N–H and O–H groups in total. The summed E-state index contributed by atoms with van der Waals surface area (Å²) >= 11 is 0. The first-order chi connectivity index (χ1) is 17.0.